The van der Waals surface area contributed by atoms with Crippen LogP contribution in [-0.4, -0.2) is 53.3 Å². The lowest BCUT2D eigenvalue weighted by atomic mass is 10.0. The number of aromatic nitrogens is 2. The van der Waals surface area contributed by atoms with E-state index in [1.54, 1.807) is 17.0 Å². The van der Waals surface area contributed by atoms with Gasteiger partial charge in [0.15, 0.2) is 11.6 Å². The van der Waals surface area contributed by atoms with E-state index in [1.807, 2.05) is 13.1 Å². The number of ether oxygens (including phenoxy) is 2. The summed E-state index contributed by atoms with van der Waals surface area (Å²) in [6.45, 7) is 5.76. The Morgan fingerprint density at radius 2 is 2.27 bits per heavy atom. The fraction of sp³-hybridized carbons (Fsp3) is 0.542. The lowest BCUT2D eigenvalue weighted by Crippen LogP contribution is -2.44. The molecule has 3 unspecified atom stereocenters. The van der Waals surface area contributed by atoms with E-state index in [9.17, 15) is 9.18 Å². The van der Waals surface area contributed by atoms with Gasteiger partial charge >= 0.3 is 6.03 Å². The van der Waals surface area contributed by atoms with Gasteiger partial charge in [-0.15, -0.1) is 0 Å². The number of urea groups is 1. The number of nitrogens with zero attached hydrogens (tertiary/aromatic N) is 3. The van der Waals surface area contributed by atoms with Gasteiger partial charge < -0.3 is 25.0 Å². The standard InChI is InChI=1S/C24H32FN5O3/c1-4-20(16-5-6-22(32-3)19(25)12-16)29-24(31)30-9-7-17-13-26-23(28-21(17)14-30)27-18-8-10-33-15(2)11-18/h5-6,12-13,15,18,20H,4,7-11,14H2,1-3H3,(H,29,31)(H,26,27,28). The maximum atomic E-state index is 14.2. The van der Waals surface area contributed by atoms with E-state index >= 15 is 0 Å². The Morgan fingerprint density at radius 1 is 1.42 bits per heavy atom. The van der Waals surface area contributed by atoms with Gasteiger partial charge in [0.2, 0.25) is 5.95 Å². The van der Waals surface area contributed by atoms with Gasteiger partial charge in [-0.2, -0.15) is 0 Å². The van der Waals surface area contributed by atoms with E-state index in [4.69, 9.17) is 14.5 Å². The second kappa shape index (κ2) is 10.3. The van der Waals surface area contributed by atoms with Gasteiger partial charge in [0.25, 0.3) is 0 Å². The van der Waals surface area contributed by atoms with E-state index in [0.29, 0.717) is 37.4 Å². The summed E-state index contributed by atoms with van der Waals surface area (Å²) in [5, 5.41) is 6.46. The van der Waals surface area contributed by atoms with Crippen molar-refractivity contribution in [2.45, 2.75) is 64.3 Å². The van der Waals surface area contributed by atoms with Crippen LogP contribution in [0.1, 0.15) is 56.0 Å². The van der Waals surface area contributed by atoms with Crippen molar-refractivity contribution in [3.8, 4) is 5.75 Å². The highest BCUT2D eigenvalue weighted by atomic mass is 19.1. The number of carbonyl (C=O) groups excluding carboxylic acids is 1. The molecule has 0 aliphatic carbocycles. The zero-order chi connectivity index (χ0) is 23.4. The third-order valence-corrected chi connectivity index (χ3v) is 6.34. The fourth-order valence-electron chi connectivity index (χ4n) is 4.42. The van der Waals surface area contributed by atoms with Crippen LogP contribution in [0.2, 0.25) is 0 Å². The van der Waals surface area contributed by atoms with Crippen LogP contribution in [0.3, 0.4) is 0 Å². The van der Waals surface area contributed by atoms with Gasteiger partial charge in [-0.25, -0.2) is 19.2 Å². The van der Waals surface area contributed by atoms with Crippen molar-refractivity contribution in [1.82, 2.24) is 20.2 Å². The summed E-state index contributed by atoms with van der Waals surface area (Å²) in [6, 6.07) is 4.59. The van der Waals surface area contributed by atoms with Gasteiger partial charge in [0.05, 0.1) is 31.5 Å². The minimum absolute atomic E-state index is 0.185. The fourth-order valence-corrected chi connectivity index (χ4v) is 4.42. The summed E-state index contributed by atoms with van der Waals surface area (Å²) < 4.78 is 24.8. The van der Waals surface area contributed by atoms with Crippen molar-refractivity contribution in [3.05, 3.63) is 47.0 Å². The maximum absolute atomic E-state index is 14.2. The molecule has 8 nitrogen and oxygen atoms in total. The molecule has 178 valence electrons. The van der Waals surface area contributed by atoms with Crippen LogP contribution in [0.5, 0.6) is 5.75 Å². The predicted octanol–water partition coefficient (Wildman–Crippen LogP) is 3.82. The minimum atomic E-state index is -0.440. The summed E-state index contributed by atoms with van der Waals surface area (Å²) in [7, 11) is 1.43. The molecule has 1 saturated heterocycles. The highest BCUT2D eigenvalue weighted by Gasteiger charge is 2.26. The smallest absolute Gasteiger partial charge is 0.318 e. The van der Waals surface area contributed by atoms with Crippen LogP contribution in [0, 0.1) is 5.82 Å². The highest BCUT2D eigenvalue weighted by Crippen LogP contribution is 2.25. The topological polar surface area (TPSA) is 88.6 Å². The summed E-state index contributed by atoms with van der Waals surface area (Å²) in [5.74, 6) is 0.340. The first kappa shape index (κ1) is 23.2. The first-order valence-corrected chi connectivity index (χ1v) is 11.6. The molecule has 2 N–H and O–H groups in total. The SMILES string of the molecule is CCC(NC(=O)N1CCc2cnc(NC3CCOC(C)C3)nc2C1)c1ccc(OC)c(F)c1. The second-order valence-electron chi connectivity index (χ2n) is 8.69. The Kier molecular flexibility index (Phi) is 7.27. The summed E-state index contributed by atoms with van der Waals surface area (Å²) in [4.78, 5) is 23.9. The van der Waals surface area contributed by atoms with Gasteiger partial charge in [0, 0.05) is 25.4 Å². The molecule has 33 heavy (non-hydrogen) atoms. The number of carbonyl (C=O) groups is 1. The minimum Gasteiger partial charge on any atom is -0.494 e. The lowest BCUT2D eigenvalue weighted by molar-refractivity contribution is 0.0231. The van der Waals surface area contributed by atoms with Crippen molar-refractivity contribution < 1.29 is 18.7 Å². The Balaban J connectivity index is 1.40. The number of fused-ring (bicyclic) bond motifs is 1. The van der Waals surface area contributed by atoms with Crippen LogP contribution in [0.15, 0.2) is 24.4 Å². The molecular formula is C24H32FN5O3. The molecule has 1 aromatic heterocycles. The Bertz CT molecular complexity index is 989. The molecule has 2 amide bonds. The molecule has 4 rings (SSSR count). The average molecular weight is 458 g/mol. The van der Waals surface area contributed by atoms with Crippen LogP contribution < -0.4 is 15.4 Å². The molecule has 9 heteroatoms. The van der Waals surface area contributed by atoms with Crippen LogP contribution in [0.4, 0.5) is 15.1 Å². The molecule has 0 radical (unpaired) electrons. The number of methoxy groups -OCH3 is 1. The number of nitrogens with one attached hydrogen (secondary N) is 2. The Hall–Kier alpha value is -2.94. The number of hydrogen-bond donors (Lipinski definition) is 2. The van der Waals surface area contributed by atoms with Gasteiger partial charge in [-0.05, 0) is 55.9 Å². The Labute approximate surface area is 193 Å². The quantitative estimate of drug-likeness (QED) is 0.686. The molecule has 0 spiro atoms. The normalized spacial score (nSPS) is 21.2. The van der Waals surface area contributed by atoms with E-state index in [2.05, 4.69) is 22.5 Å². The molecule has 1 fully saturated rings. The van der Waals surface area contributed by atoms with E-state index in [0.717, 1.165) is 30.7 Å². The van der Waals surface area contributed by atoms with E-state index in [-0.39, 0.29) is 30.0 Å². The molecule has 2 aliphatic heterocycles. The van der Waals surface area contributed by atoms with E-state index < -0.39 is 5.82 Å². The summed E-state index contributed by atoms with van der Waals surface area (Å²) in [5.41, 5.74) is 2.63. The van der Waals surface area contributed by atoms with Crippen molar-refractivity contribution in [2.24, 2.45) is 0 Å². The monoisotopic (exact) mass is 457 g/mol. The van der Waals surface area contributed by atoms with Crippen LogP contribution in [-0.2, 0) is 17.7 Å². The zero-order valence-electron chi connectivity index (χ0n) is 19.4. The van der Waals surface area contributed by atoms with Gasteiger partial charge in [-0.1, -0.05) is 13.0 Å². The second-order valence-corrected chi connectivity index (χ2v) is 8.69. The van der Waals surface area contributed by atoms with E-state index in [1.165, 1.54) is 13.2 Å². The largest absolute Gasteiger partial charge is 0.494 e. The first-order chi connectivity index (χ1) is 16.0. The van der Waals surface area contributed by atoms with Crippen molar-refractivity contribution in [1.29, 1.82) is 0 Å². The molecule has 0 saturated carbocycles. The molecule has 2 aromatic rings. The van der Waals surface area contributed by atoms with Gasteiger partial charge in [-0.3, -0.25) is 0 Å². The highest BCUT2D eigenvalue weighted by molar-refractivity contribution is 5.75. The third-order valence-electron chi connectivity index (χ3n) is 6.34. The third kappa shape index (κ3) is 5.52. The average Bonchev–Trinajstić information content (AvgIpc) is 2.82. The summed E-state index contributed by atoms with van der Waals surface area (Å²) >= 11 is 0. The number of hydrogen-bond acceptors (Lipinski definition) is 6. The number of benzene rings is 1. The number of amides is 2. The van der Waals surface area contributed by atoms with Crippen molar-refractivity contribution in [3.63, 3.8) is 0 Å². The molecule has 0 bridgehead atoms. The van der Waals surface area contributed by atoms with Crippen molar-refractivity contribution >= 4 is 12.0 Å². The number of anilines is 1. The maximum Gasteiger partial charge on any atom is 0.318 e. The number of rotatable bonds is 6. The van der Waals surface area contributed by atoms with Crippen LogP contribution in [0.25, 0.3) is 0 Å². The number of halogens is 1. The summed E-state index contributed by atoms with van der Waals surface area (Å²) in [6.07, 6.45) is 5.26. The van der Waals surface area contributed by atoms with Crippen LogP contribution >= 0.6 is 0 Å². The molecule has 3 heterocycles. The zero-order valence-corrected chi connectivity index (χ0v) is 19.4. The van der Waals surface area contributed by atoms with Crippen molar-refractivity contribution in [2.75, 3.05) is 25.6 Å². The predicted molar refractivity (Wildman–Crippen MR) is 123 cm³/mol. The lowest BCUT2D eigenvalue weighted by Gasteiger charge is -2.31. The Morgan fingerprint density at radius 3 is 3.00 bits per heavy atom. The molecule has 2 aliphatic rings. The van der Waals surface area contributed by atoms with Gasteiger partial charge in [0.1, 0.15) is 0 Å². The molecule has 3 atom stereocenters. The molecular weight excluding hydrogens is 425 g/mol. The molecule has 1 aromatic carbocycles. The first-order valence-electron chi connectivity index (χ1n) is 11.6.